The maximum atomic E-state index is 12.1. The van der Waals surface area contributed by atoms with Crippen LogP contribution in [0.5, 0.6) is 0 Å². The summed E-state index contributed by atoms with van der Waals surface area (Å²) in [4.78, 5) is 23.2. The van der Waals surface area contributed by atoms with Gasteiger partial charge in [-0.25, -0.2) is 0 Å². The van der Waals surface area contributed by atoms with E-state index in [1.807, 2.05) is 0 Å². The summed E-state index contributed by atoms with van der Waals surface area (Å²) >= 11 is 5.90. The maximum absolute atomic E-state index is 12.1. The smallest absolute Gasteiger partial charge is 0.226 e. The molecule has 3 N–H and O–H groups in total. The zero-order chi connectivity index (χ0) is 15.2. The van der Waals surface area contributed by atoms with Crippen LogP contribution in [0, 0.1) is 0 Å². The van der Waals surface area contributed by atoms with Crippen molar-refractivity contribution in [1.29, 1.82) is 0 Å². The number of amides is 2. The van der Waals surface area contributed by atoms with E-state index in [9.17, 15) is 9.59 Å². The summed E-state index contributed by atoms with van der Waals surface area (Å²) < 4.78 is 5.31. The predicted octanol–water partition coefficient (Wildman–Crippen LogP) is 1.62. The number of benzene rings is 1. The molecule has 0 spiro atoms. The fraction of sp³-hybridized carbons (Fsp3) is 0.429. The Kier molecular flexibility index (Phi) is 5.55. The highest BCUT2D eigenvalue weighted by molar-refractivity contribution is 6.31. The highest BCUT2D eigenvalue weighted by Gasteiger charge is 2.17. The van der Waals surface area contributed by atoms with Crippen LogP contribution in [0.3, 0.4) is 0 Å². The highest BCUT2D eigenvalue weighted by Crippen LogP contribution is 2.26. The number of nitrogens with one attached hydrogen (secondary N) is 3. The average Bonchev–Trinajstić information content (AvgIpc) is 2.42. The summed E-state index contributed by atoms with van der Waals surface area (Å²) in [7, 11) is 0. The van der Waals surface area contributed by atoms with Crippen molar-refractivity contribution < 1.29 is 14.3 Å². The number of anilines is 2. The molecule has 1 unspecified atom stereocenters. The van der Waals surface area contributed by atoms with E-state index >= 15 is 0 Å². The highest BCUT2D eigenvalue weighted by atomic mass is 35.5. The molecule has 1 atom stereocenters. The van der Waals surface area contributed by atoms with Crippen LogP contribution in [0.15, 0.2) is 18.2 Å². The number of hydrogen-bond acceptors (Lipinski definition) is 4. The lowest BCUT2D eigenvalue weighted by atomic mass is 10.2. The second kappa shape index (κ2) is 7.40. The van der Waals surface area contributed by atoms with Crippen molar-refractivity contribution in [2.45, 2.75) is 19.4 Å². The summed E-state index contributed by atoms with van der Waals surface area (Å²) in [5.41, 5.74) is 1.01. The van der Waals surface area contributed by atoms with Crippen molar-refractivity contribution in [3.05, 3.63) is 23.2 Å². The molecule has 1 aliphatic heterocycles. The molecule has 0 saturated carbocycles. The maximum Gasteiger partial charge on any atom is 0.226 e. The number of halogens is 1. The Hall–Kier alpha value is -1.63. The first-order chi connectivity index (χ1) is 10.0. The van der Waals surface area contributed by atoms with Gasteiger partial charge in [0.2, 0.25) is 11.8 Å². The Morgan fingerprint density at radius 3 is 2.86 bits per heavy atom. The van der Waals surface area contributed by atoms with Crippen LogP contribution >= 0.6 is 11.6 Å². The van der Waals surface area contributed by atoms with E-state index in [0.29, 0.717) is 36.0 Å². The molecule has 2 rings (SSSR count). The van der Waals surface area contributed by atoms with Gasteiger partial charge in [-0.1, -0.05) is 11.6 Å². The van der Waals surface area contributed by atoms with E-state index in [-0.39, 0.29) is 17.9 Å². The fourth-order valence-electron chi connectivity index (χ4n) is 2.09. The van der Waals surface area contributed by atoms with E-state index in [0.717, 1.165) is 6.54 Å². The molecule has 6 nitrogen and oxygen atoms in total. The third-order valence-electron chi connectivity index (χ3n) is 3.00. The van der Waals surface area contributed by atoms with Gasteiger partial charge in [-0.05, 0) is 18.2 Å². The number of carbonyl (C=O) groups is 2. The van der Waals surface area contributed by atoms with Crippen LogP contribution < -0.4 is 16.0 Å². The predicted molar refractivity (Wildman–Crippen MR) is 81.6 cm³/mol. The second-order valence-corrected chi connectivity index (χ2v) is 5.29. The zero-order valence-corrected chi connectivity index (χ0v) is 12.5. The average molecular weight is 312 g/mol. The van der Waals surface area contributed by atoms with Crippen molar-refractivity contribution >= 4 is 34.8 Å². The van der Waals surface area contributed by atoms with Gasteiger partial charge in [-0.2, -0.15) is 0 Å². The summed E-state index contributed by atoms with van der Waals surface area (Å²) in [6.07, 6.45) is 0.308. The molecule has 2 amide bonds. The second-order valence-electron chi connectivity index (χ2n) is 4.85. The lowest BCUT2D eigenvalue weighted by Gasteiger charge is -2.23. The number of morpholine rings is 1. The molecule has 0 aliphatic carbocycles. The van der Waals surface area contributed by atoms with E-state index < -0.39 is 0 Å². The first-order valence-corrected chi connectivity index (χ1v) is 7.10. The van der Waals surface area contributed by atoms with Crippen molar-refractivity contribution in [2.24, 2.45) is 0 Å². The van der Waals surface area contributed by atoms with Crippen LogP contribution in [0.4, 0.5) is 11.4 Å². The van der Waals surface area contributed by atoms with Gasteiger partial charge in [0.05, 0.1) is 24.6 Å². The number of ether oxygens (including phenoxy) is 1. The van der Waals surface area contributed by atoms with Crippen molar-refractivity contribution in [2.75, 3.05) is 30.4 Å². The Bertz CT molecular complexity index is 530. The molecule has 0 aromatic heterocycles. The Balaban J connectivity index is 2.00. The minimum Gasteiger partial charge on any atom is -0.378 e. The van der Waals surface area contributed by atoms with Gasteiger partial charge in [0, 0.05) is 31.0 Å². The summed E-state index contributed by atoms with van der Waals surface area (Å²) in [5.74, 6) is -0.373. The minimum atomic E-state index is -0.227. The zero-order valence-electron chi connectivity index (χ0n) is 11.7. The molecule has 1 saturated heterocycles. The van der Waals surface area contributed by atoms with Crippen LogP contribution in [0.25, 0.3) is 0 Å². The van der Waals surface area contributed by atoms with E-state index in [4.69, 9.17) is 16.3 Å². The van der Waals surface area contributed by atoms with E-state index in [1.54, 1.807) is 18.2 Å². The molecule has 0 radical (unpaired) electrons. The van der Waals surface area contributed by atoms with Crippen molar-refractivity contribution in [3.63, 3.8) is 0 Å². The Labute approximate surface area is 128 Å². The number of hydrogen-bond donors (Lipinski definition) is 3. The molecule has 1 aliphatic rings. The molecular formula is C14H18ClN3O3. The molecule has 1 fully saturated rings. The molecule has 1 heterocycles. The molecular weight excluding hydrogens is 294 g/mol. The molecule has 0 bridgehead atoms. The van der Waals surface area contributed by atoms with Gasteiger partial charge < -0.3 is 20.7 Å². The Morgan fingerprint density at radius 2 is 2.19 bits per heavy atom. The monoisotopic (exact) mass is 311 g/mol. The van der Waals surface area contributed by atoms with Crippen LogP contribution in [-0.4, -0.2) is 37.6 Å². The van der Waals surface area contributed by atoms with Crippen LogP contribution in [0.2, 0.25) is 5.02 Å². The van der Waals surface area contributed by atoms with Crippen LogP contribution in [-0.2, 0) is 14.3 Å². The number of rotatable bonds is 4. The summed E-state index contributed by atoms with van der Waals surface area (Å²) in [6.45, 7) is 3.33. The van der Waals surface area contributed by atoms with Gasteiger partial charge in [-0.15, -0.1) is 0 Å². The van der Waals surface area contributed by atoms with Crippen molar-refractivity contribution in [3.8, 4) is 0 Å². The molecule has 1 aromatic carbocycles. The first kappa shape index (κ1) is 15.8. The minimum absolute atomic E-state index is 0.00951. The quantitative estimate of drug-likeness (QED) is 0.789. The Morgan fingerprint density at radius 1 is 1.38 bits per heavy atom. The fourth-order valence-corrected chi connectivity index (χ4v) is 2.27. The van der Waals surface area contributed by atoms with Gasteiger partial charge >= 0.3 is 0 Å². The van der Waals surface area contributed by atoms with Gasteiger partial charge in [0.1, 0.15) is 0 Å². The first-order valence-electron chi connectivity index (χ1n) is 6.72. The van der Waals surface area contributed by atoms with Crippen molar-refractivity contribution in [1.82, 2.24) is 5.32 Å². The standard InChI is InChI=1S/C14H18ClN3O3/c1-9(19)17-13-6-10(15)2-3-12(13)18-14(20)7-11-8-21-5-4-16-11/h2-3,6,11,16H,4-5,7-8H2,1H3,(H,17,19)(H,18,20). The summed E-state index contributed by atoms with van der Waals surface area (Å²) in [5, 5.41) is 9.13. The van der Waals surface area contributed by atoms with Gasteiger partial charge in [0.15, 0.2) is 0 Å². The summed E-state index contributed by atoms with van der Waals surface area (Å²) in [6, 6.07) is 4.93. The molecule has 114 valence electrons. The normalized spacial score (nSPS) is 18.1. The third-order valence-corrected chi connectivity index (χ3v) is 3.23. The van der Waals surface area contributed by atoms with E-state index in [1.165, 1.54) is 6.92 Å². The van der Waals surface area contributed by atoms with Gasteiger partial charge in [-0.3, -0.25) is 9.59 Å². The van der Waals surface area contributed by atoms with E-state index in [2.05, 4.69) is 16.0 Å². The van der Waals surface area contributed by atoms with Crippen LogP contribution in [0.1, 0.15) is 13.3 Å². The molecule has 7 heteroatoms. The largest absolute Gasteiger partial charge is 0.378 e. The molecule has 21 heavy (non-hydrogen) atoms. The topological polar surface area (TPSA) is 79.5 Å². The SMILES string of the molecule is CC(=O)Nc1cc(Cl)ccc1NC(=O)CC1COCCN1. The molecule has 1 aromatic rings. The lowest BCUT2D eigenvalue weighted by Crippen LogP contribution is -2.43. The number of carbonyl (C=O) groups excluding carboxylic acids is 2. The van der Waals surface area contributed by atoms with Gasteiger partial charge in [0.25, 0.3) is 0 Å². The third kappa shape index (κ3) is 5.00. The lowest BCUT2D eigenvalue weighted by molar-refractivity contribution is -0.117.